The molecule has 202 valence electrons. The highest BCUT2D eigenvalue weighted by molar-refractivity contribution is 8.15. The first kappa shape index (κ1) is 27.9. The molecule has 2 amide bonds. The van der Waals surface area contributed by atoms with Gasteiger partial charge in [0, 0.05) is 12.1 Å². The minimum Gasteiger partial charge on any atom is -0.462 e. The van der Waals surface area contributed by atoms with Crippen LogP contribution in [0.4, 0.5) is 24.5 Å². The summed E-state index contributed by atoms with van der Waals surface area (Å²) in [5.41, 5.74) is 1.08. The summed E-state index contributed by atoms with van der Waals surface area (Å²) in [4.78, 5) is 43.8. The van der Waals surface area contributed by atoms with Crippen molar-refractivity contribution in [1.29, 1.82) is 0 Å². The Morgan fingerprint density at radius 3 is 2.28 bits per heavy atom. The summed E-state index contributed by atoms with van der Waals surface area (Å²) in [6.45, 7) is 2.14. The molecule has 0 spiro atoms. The molecular weight excluding hydrogens is 531 g/mol. The molecule has 7 nitrogen and oxygen atoms in total. The largest absolute Gasteiger partial charge is 0.462 e. The van der Waals surface area contributed by atoms with Gasteiger partial charge >= 0.3 is 12.1 Å². The van der Waals surface area contributed by atoms with Gasteiger partial charge in [0.15, 0.2) is 5.17 Å². The minimum atomic E-state index is -4.47. The molecule has 0 saturated carbocycles. The Labute approximate surface area is 227 Å². The zero-order chi connectivity index (χ0) is 28.0. The summed E-state index contributed by atoms with van der Waals surface area (Å²) in [7, 11) is 0. The number of amides is 2. The number of thioether (sulfide) groups is 1. The molecule has 11 heteroatoms. The first-order valence-electron chi connectivity index (χ1n) is 12.0. The fraction of sp³-hybridized carbons (Fsp3) is 0.214. The molecule has 1 heterocycles. The monoisotopic (exact) mass is 555 g/mol. The average molecular weight is 556 g/mol. The van der Waals surface area contributed by atoms with Crippen LogP contribution < -0.4 is 5.32 Å². The van der Waals surface area contributed by atoms with Gasteiger partial charge in [-0.25, -0.2) is 9.79 Å². The first-order valence-corrected chi connectivity index (χ1v) is 12.9. The maximum absolute atomic E-state index is 13.3. The summed E-state index contributed by atoms with van der Waals surface area (Å²) in [5, 5.41) is 2.23. The number of carbonyl (C=O) groups is 3. The van der Waals surface area contributed by atoms with E-state index < -0.39 is 28.9 Å². The van der Waals surface area contributed by atoms with Crippen molar-refractivity contribution in [3.63, 3.8) is 0 Å². The summed E-state index contributed by atoms with van der Waals surface area (Å²) in [5.74, 6) is -1.22. The van der Waals surface area contributed by atoms with Crippen LogP contribution in [0, 0.1) is 0 Å². The number of aliphatic imine (C=N–C) groups is 1. The molecule has 1 fully saturated rings. The average Bonchev–Trinajstić information content (AvgIpc) is 3.18. The number of carbonyl (C=O) groups excluding carboxylic acids is 3. The number of nitrogens with zero attached hydrogens (tertiary/aromatic N) is 2. The van der Waals surface area contributed by atoms with Crippen LogP contribution in [-0.2, 0) is 27.0 Å². The normalized spacial score (nSPS) is 16.4. The highest BCUT2D eigenvalue weighted by Gasteiger charge is 2.39. The van der Waals surface area contributed by atoms with Crippen LogP contribution in [0.2, 0.25) is 0 Å². The van der Waals surface area contributed by atoms with Gasteiger partial charge in [0.2, 0.25) is 11.8 Å². The third kappa shape index (κ3) is 7.26. The third-order valence-corrected chi connectivity index (χ3v) is 6.85. The quantitative estimate of drug-likeness (QED) is 0.342. The van der Waals surface area contributed by atoms with Crippen molar-refractivity contribution in [2.24, 2.45) is 4.99 Å². The second-order valence-corrected chi connectivity index (χ2v) is 9.68. The maximum atomic E-state index is 13.3. The predicted molar refractivity (Wildman–Crippen MR) is 143 cm³/mol. The number of nitrogens with one attached hydrogen (secondary N) is 1. The Hall–Kier alpha value is -4.12. The maximum Gasteiger partial charge on any atom is 0.416 e. The Kier molecular flexibility index (Phi) is 8.70. The van der Waals surface area contributed by atoms with Crippen LogP contribution in [0.25, 0.3) is 0 Å². The molecule has 0 aliphatic carbocycles. The number of hydrogen-bond donors (Lipinski definition) is 1. The van der Waals surface area contributed by atoms with E-state index in [0.29, 0.717) is 16.4 Å². The highest BCUT2D eigenvalue weighted by atomic mass is 32.2. The van der Waals surface area contributed by atoms with E-state index in [9.17, 15) is 27.6 Å². The molecule has 1 aliphatic heterocycles. The zero-order valence-corrected chi connectivity index (χ0v) is 21.6. The van der Waals surface area contributed by atoms with Crippen molar-refractivity contribution in [3.05, 3.63) is 95.6 Å². The number of rotatable bonds is 8. The molecule has 4 rings (SSSR count). The van der Waals surface area contributed by atoms with Crippen LogP contribution in [-0.4, -0.2) is 39.7 Å². The highest BCUT2D eigenvalue weighted by Crippen LogP contribution is 2.34. The second kappa shape index (κ2) is 12.2. The van der Waals surface area contributed by atoms with Crippen LogP contribution in [0.1, 0.15) is 34.8 Å². The Morgan fingerprint density at radius 1 is 1.00 bits per heavy atom. The number of esters is 1. The van der Waals surface area contributed by atoms with Crippen LogP contribution in [0.15, 0.2) is 83.9 Å². The van der Waals surface area contributed by atoms with Crippen molar-refractivity contribution in [2.75, 3.05) is 11.9 Å². The molecule has 3 aromatic rings. The Morgan fingerprint density at radius 2 is 1.67 bits per heavy atom. The number of halogens is 3. The van der Waals surface area contributed by atoms with Crippen molar-refractivity contribution in [1.82, 2.24) is 4.90 Å². The summed E-state index contributed by atoms with van der Waals surface area (Å²) in [6, 6.07) is 19.7. The molecule has 1 N–H and O–H groups in total. The number of alkyl halides is 3. The molecule has 0 radical (unpaired) electrons. The van der Waals surface area contributed by atoms with Gasteiger partial charge in [-0.15, -0.1) is 0 Å². The number of benzene rings is 3. The van der Waals surface area contributed by atoms with E-state index in [-0.39, 0.29) is 31.2 Å². The van der Waals surface area contributed by atoms with E-state index in [1.165, 1.54) is 29.2 Å². The lowest BCUT2D eigenvalue weighted by atomic mass is 10.2. The van der Waals surface area contributed by atoms with Crippen molar-refractivity contribution < 1.29 is 32.3 Å². The van der Waals surface area contributed by atoms with Gasteiger partial charge in [0.05, 0.1) is 30.0 Å². The summed E-state index contributed by atoms with van der Waals surface area (Å²) in [6.07, 6.45) is -4.62. The SMILES string of the molecule is CCOC(=O)c1ccc(NC(=O)CC2SC(=Nc3ccc(C(F)(F)F)cc3)N(Cc3ccccc3)C2=O)cc1. The molecule has 0 bridgehead atoms. The topological polar surface area (TPSA) is 88.1 Å². The molecular formula is C28H24F3N3O4S. The molecule has 1 saturated heterocycles. The number of ether oxygens (including phenoxy) is 1. The summed E-state index contributed by atoms with van der Waals surface area (Å²) >= 11 is 1.08. The van der Waals surface area contributed by atoms with Crippen LogP contribution in [0.3, 0.4) is 0 Å². The summed E-state index contributed by atoms with van der Waals surface area (Å²) < 4.78 is 43.8. The fourth-order valence-electron chi connectivity index (χ4n) is 3.76. The minimum absolute atomic E-state index is 0.152. The number of anilines is 1. The van der Waals surface area contributed by atoms with E-state index in [2.05, 4.69) is 10.3 Å². The van der Waals surface area contributed by atoms with E-state index >= 15 is 0 Å². The Bertz CT molecular complexity index is 1360. The third-order valence-electron chi connectivity index (χ3n) is 5.67. The van der Waals surface area contributed by atoms with Gasteiger partial charge in [0.25, 0.3) is 0 Å². The van der Waals surface area contributed by atoms with Gasteiger partial charge in [0.1, 0.15) is 5.25 Å². The van der Waals surface area contributed by atoms with Gasteiger partial charge in [-0.05, 0) is 61.0 Å². The molecule has 3 aromatic carbocycles. The van der Waals surface area contributed by atoms with E-state index in [0.717, 1.165) is 29.5 Å². The van der Waals surface area contributed by atoms with E-state index in [1.54, 1.807) is 19.1 Å². The van der Waals surface area contributed by atoms with Gasteiger partial charge < -0.3 is 10.1 Å². The van der Waals surface area contributed by atoms with Gasteiger partial charge in [-0.2, -0.15) is 13.2 Å². The van der Waals surface area contributed by atoms with E-state index in [4.69, 9.17) is 4.74 Å². The lowest BCUT2D eigenvalue weighted by Crippen LogP contribution is -2.33. The van der Waals surface area contributed by atoms with Crippen molar-refractivity contribution in [2.45, 2.75) is 31.3 Å². The van der Waals surface area contributed by atoms with Gasteiger partial charge in [-0.1, -0.05) is 42.1 Å². The lowest BCUT2D eigenvalue weighted by Gasteiger charge is -2.16. The van der Waals surface area contributed by atoms with Crippen LogP contribution >= 0.6 is 11.8 Å². The molecule has 1 unspecified atom stereocenters. The second-order valence-electron chi connectivity index (χ2n) is 8.51. The predicted octanol–water partition coefficient (Wildman–Crippen LogP) is 6.04. The Balaban J connectivity index is 1.49. The number of amidine groups is 1. The fourth-order valence-corrected chi connectivity index (χ4v) is 4.91. The van der Waals surface area contributed by atoms with Crippen molar-refractivity contribution >= 4 is 46.1 Å². The lowest BCUT2D eigenvalue weighted by molar-refractivity contribution is -0.137. The molecule has 1 aliphatic rings. The number of hydrogen-bond acceptors (Lipinski definition) is 6. The smallest absolute Gasteiger partial charge is 0.416 e. The standard InChI is InChI=1S/C28H24F3N3O4S/c1-2-38-26(37)19-8-12-21(13-9-19)32-24(35)16-23-25(36)34(17-18-6-4-3-5-7-18)27(39-23)33-22-14-10-20(11-15-22)28(29,30)31/h3-15,23H,2,16-17H2,1H3,(H,32,35). The zero-order valence-electron chi connectivity index (χ0n) is 20.8. The molecule has 0 aromatic heterocycles. The van der Waals surface area contributed by atoms with E-state index in [1.807, 2.05) is 30.3 Å². The van der Waals surface area contributed by atoms with Gasteiger partial charge in [-0.3, -0.25) is 14.5 Å². The van der Waals surface area contributed by atoms with Crippen LogP contribution in [0.5, 0.6) is 0 Å². The van der Waals surface area contributed by atoms with Crippen molar-refractivity contribution in [3.8, 4) is 0 Å². The molecule has 39 heavy (non-hydrogen) atoms. The first-order chi connectivity index (χ1) is 18.6. The molecule has 1 atom stereocenters.